The molecule has 1 heterocycles. The summed E-state index contributed by atoms with van der Waals surface area (Å²) >= 11 is 0. The number of methoxy groups -OCH3 is 1. The average molecular weight is 250 g/mol. The van der Waals surface area contributed by atoms with Gasteiger partial charge in [-0.05, 0) is 18.9 Å². The number of hydrogen-bond acceptors (Lipinski definition) is 4. The molecule has 0 radical (unpaired) electrons. The SMILES string of the molecule is COc1cccc(CN[C@H]2CCC[C@]2(C)CO)n1. The van der Waals surface area contributed by atoms with Crippen molar-refractivity contribution >= 4 is 0 Å². The van der Waals surface area contributed by atoms with Gasteiger partial charge in [-0.2, -0.15) is 0 Å². The highest BCUT2D eigenvalue weighted by Gasteiger charge is 2.37. The number of nitrogens with one attached hydrogen (secondary N) is 1. The number of aromatic nitrogens is 1. The fraction of sp³-hybridized carbons (Fsp3) is 0.643. The molecule has 1 aromatic heterocycles. The van der Waals surface area contributed by atoms with E-state index in [1.807, 2.05) is 18.2 Å². The van der Waals surface area contributed by atoms with Crippen molar-refractivity contribution in [2.45, 2.75) is 38.8 Å². The first-order chi connectivity index (χ1) is 8.68. The van der Waals surface area contributed by atoms with Crippen LogP contribution in [0.25, 0.3) is 0 Å². The first-order valence-corrected chi connectivity index (χ1v) is 6.52. The topological polar surface area (TPSA) is 54.4 Å². The van der Waals surface area contributed by atoms with Gasteiger partial charge in [0.2, 0.25) is 5.88 Å². The second-order valence-electron chi connectivity index (χ2n) is 5.31. The molecule has 2 rings (SSSR count). The Kier molecular flexibility index (Phi) is 4.19. The van der Waals surface area contributed by atoms with Gasteiger partial charge in [0.15, 0.2) is 0 Å². The Labute approximate surface area is 108 Å². The van der Waals surface area contributed by atoms with Crippen LogP contribution in [0.4, 0.5) is 0 Å². The lowest BCUT2D eigenvalue weighted by molar-refractivity contribution is 0.118. The lowest BCUT2D eigenvalue weighted by Crippen LogP contribution is -2.41. The van der Waals surface area contributed by atoms with Gasteiger partial charge in [-0.1, -0.05) is 19.4 Å². The summed E-state index contributed by atoms with van der Waals surface area (Å²) in [5, 5.41) is 13.0. The number of pyridine rings is 1. The highest BCUT2D eigenvalue weighted by molar-refractivity contribution is 5.15. The summed E-state index contributed by atoms with van der Waals surface area (Å²) < 4.78 is 5.11. The standard InChI is InChI=1S/C14H22N2O2/c1-14(10-17)8-4-6-12(14)15-9-11-5-3-7-13(16-11)18-2/h3,5,7,12,15,17H,4,6,8-10H2,1-2H3/t12-,14+/m0/s1. The molecular formula is C14H22N2O2. The lowest BCUT2D eigenvalue weighted by Gasteiger charge is -2.30. The number of rotatable bonds is 5. The Morgan fingerprint density at radius 1 is 1.56 bits per heavy atom. The molecule has 0 aliphatic heterocycles. The van der Waals surface area contributed by atoms with Crippen molar-refractivity contribution in [3.8, 4) is 5.88 Å². The molecule has 2 atom stereocenters. The summed E-state index contributed by atoms with van der Waals surface area (Å²) in [5.74, 6) is 0.644. The van der Waals surface area contributed by atoms with Gasteiger partial charge in [-0.25, -0.2) is 4.98 Å². The van der Waals surface area contributed by atoms with E-state index in [1.54, 1.807) is 7.11 Å². The van der Waals surface area contributed by atoms with Crippen LogP contribution in [0.2, 0.25) is 0 Å². The molecular weight excluding hydrogens is 228 g/mol. The average Bonchev–Trinajstić information content (AvgIpc) is 2.79. The summed E-state index contributed by atoms with van der Waals surface area (Å²) in [7, 11) is 1.62. The van der Waals surface area contributed by atoms with Crippen molar-refractivity contribution in [1.82, 2.24) is 10.3 Å². The monoisotopic (exact) mass is 250 g/mol. The fourth-order valence-corrected chi connectivity index (χ4v) is 2.67. The third-order valence-corrected chi connectivity index (χ3v) is 3.96. The minimum atomic E-state index is 0.0128. The zero-order chi connectivity index (χ0) is 13.0. The Bertz CT molecular complexity index is 397. The summed E-state index contributed by atoms with van der Waals surface area (Å²) in [5.41, 5.74) is 0.986. The molecule has 1 aliphatic carbocycles. The number of ether oxygens (including phenoxy) is 1. The van der Waals surface area contributed by atoms with E-state index in [4.69, 9.17) is 4.74 Å². The minimum Gasteiger partial charge on any atom is -0.481 e. The first-order valence-electron chi connectivity index (χ1n) is 6.52. The van der Waals surface area contributed by atoms with Gasteiger partial charge in [0, 0.05) is 30.7 Å². The van der Waals surface area contributed by atoms with Crippen molar-refractivity contribution in [1.29, 1.82) is 0 Å². The molecule has 0 aromatic carbocycles. The number of nitrogens with zero attached hydrogens (tertiary/aromatic N) is 1. The highest BCUT2D eigenvalue weighted by atomic mass is 16.5. The molecule has 0 spiro atoms. The van der Waals surface area contributed by atoms with Gasteiger partial charge in [0.1, 0.15) is 0 Å². The Morgan fingerprint density at radius 3 is 3.11 bits per heavy atom. The predicted molar refractivity (Wildman–Crippen MR) is 70.5 cm³/mol. The van der Waals surface area contributed by atoms with Gasteiger partial charge in [0.05, 0.1) is 12.8 Å². The van der Waals surface area contributed by atoms with E-state index in [0.29, 0.717) is 11.9 Å². The Morgan fingerprint density at radius 2 is 2.39 bits per heavy atom. The largest absolute Gasteiger partial charge is 0.481 e. The van der Waals surface area contributed by atoms with Crippen LogP contribution in [-0.4, -0.2) is 29.8 Å². The maximum absolute atomic E-state index is 9.50. The van der Waals surface area contributed by atoms with Crippen LogP contribution in [0.15, 0.2) is 18.2 Å². The van der Waals surface area contributed by atoms with Crippen LogP contribution in [0.5, 0.6) is 5.88 Å². The molecule has 0 amide bonds. The number of aliphatic hydroxyl groups is 1. The van der Waals surface area contributed by atoms with Crippen molar-refractivity contribution in [2.75, 3.05) is 13.7 Å². The van der Waals surface area contributed by atoms with Crippen LogP contribution >= 0.6 is 0 Å². The van der Waals surface area contributed by atoms with E-state index in [2.05, 4.69) is 17.2 Å². The molecule has 0 saturated heterocycles. The Hall–Kier alpha value is -1.13. The van der Waals surface area contributed by atoms with E-state index in [9.17, 15) is 5.11 Å². The van der Waals surface area contributed by atoms with Gasteiger partial charge >= 0.3 is 0 Å². The van der Waals surface area contributed by atoms with E-state index in [-0.39, 0.29) is 12.0 Å². The summed E-state index contributed by atoms with van der Waals surface area (Å²) in [4.78, 5) is 4.38. The third kappa shape index (κ3) is 2.82. The second-order valence-corrected chi connectivity index (χ2v) is 5.31. The lowest BCUT2D eigenvalue weighted by atomic mass is 9.86. The van der Waals surface area contributed by atoms with Gasteiger partial charge in [-0.3, -0.25) is 0 Å². The predicted octanol–water partition coefficient (Wildman–Crippen LogP) is 1.73. The molecule has 100 valence electrons. The van der Waals surface area contributed by atoms with Gasteiger partial charge < -0.3 is 15.2 Å². The molecule has 1 aromatic rings. The van der Waals surface area contributed by atoms with Crippen LogP contribution in [0.3, 0.4) is 0 Å². The molecule has 1 aliphatic rings. The van der Waals surface area contributed by atoms with E-state index in [0.717, 1.165) is 25.1 Å². The van der Waals surface area contributed by atoms with Gasteiger partial charge in [0.25, 0.3) is 0 Å². The molecule has 0 bridgehead atoms. The smallest absolute Gasteiger partial charge is 0.213 e. The van der Waals surface area contributed by atoms with Crippen molar-refractivity contribution < 1.29 is 9.84 Å². The fourth-order valence-electron chi connectivity index (χ4n) is 2.67. The van der Waals surface area contributed by atoms with E-state index >= 15 is 0 Å². The summed E-state index contributed by atoms with van der Waals surface area (Å²) in [6.45, 7) is 3.12. The van der Waals surface area contributed by atoms with E-state index in [1.165, 1.54) is 6.42 Å². The van der Waals surface area contributed by atoms with E-state index < -0.39 is 0 Å². The van der Waals surface area contributed by atoms with Crippen molar-refractivity contribution in [3.63, 3.8) is 0 Å². The molecule has 2 N–H and O–H groups in total. The van der Waals surface area contributed by atoms with Crippen LogP contribution in [0, 0.1) is 5.41 Å². The molecule has 0 unspecified atom stereocenters. The normalized spacial score (nSPS) is 27.4. The highest BCUT2D eigenvalue weighted by Crippen LogP contribution is 2.37. The molecule has 18 heavy (non-hydrogen) atoms. The minimum absolute atomic E-state index is 0.0128. The third-order valence-electron chi connectivity index (χ3n) is 3.96. The maximum atomic E-state index is 9.50. The van der Waals surface area contributed by atoms with Crippen LogP contribution in [-0.2, 0) is 6.54 Å². The summed E-state index contributed by atoms with van der Waals surface area (Å²) in [6.07, 6.45) is 3.40. The molecule has 4 nitrogen and oxygen atoms in total. The quantitative estimate of drug-likeness (QED) is 0.835. The van der Waals surface area contributed by atoms with Crippen LogP contribution < -0.4 is 10.1 Å². The number of hydrogen-bond donors (Lipinski definition) is 2. The summed E-state index contributed by atoms with van der Waals surface area (Å²) in [6, 6.07) is 6.15. The second kappa shape index (κ2) is 5.67. The van der Waals surface area contributed by atoms with Gasteiger partial charge in [-0.15, -0.1) is 0 Å². The zero-order valence-electron chi connectivity index (χ0n) is 11.1. The van der Waals surface area contributed by atoms with Crippen molar-refractivity contribution in [3.05, 3.63) is 23.9 Å². The molecule has 4 heteroatoms. The Balaban J connectivity index is 1.94. The molecule has 1 fully saturated rings. The zero-order valence-corrected chi connectivity index (χ0v) is 11.1. The van der Waals surface area contributed by atoms with Crippen LogP contribution in [0.1, 0.15) is 31.9 Å². The van der Waals surface area contributed by atoms with Crippen molar-refractivity contribution in [2.24, 2.45) is 5.41 Å². The maximum Gasteiger partial charge on any atom is 0.213 e. The number of aliphatic hydroxyl groups excluding tert-OH is 1. The first kappa shape index (κ1) is 13.3. The molecule has 1 saturated carbocycles.